The van der Waals surface area contributed by atoms with E-state index < -0.39 is 0 Å². The van der Waals surface area contributed by atoms with E-state index in [-0.39, 0.29) is 31.9 Å². The van der Waals surface area contributed by atoms with Crippen LogP contribution in [0.1, 0.15) is 45.1 Å². The van der Waals surface area contributed by atoms with E-state index in [9.17, 15) is 0 Å². The summed E-state index contributed by atoms with van der Waals surface area (Å²) in [6.07, 6.45) is 9.82. The Kier molecular flexibility index (Phi) is 11.7. The molecule has 2 heteroatoms. The van der Waals surface area contributed by atoms with E-state index in [0.29, 0.717) is 0 Å². The van der Waals surface area contributed by atoms with Crippen LogP contribution in [0.25, 0.3) is 0 Å². The third-order valence-electron chi connectivity index (χ3n) is 2.90. The van der Waals surface area contributed by atoms with Crippen LogP contribution in [-0.2, 0) is 6.16 Å². The maximum atomic E-state index is 2.30. The van der Waals surface area contributed by atoms with Gasteiger partial charge in [0.05, 0.1) is 0 Å². The molecule has 0 bridgehead atoms. The molecule has 0 N–H and O–H groups in total. The maximum Gasteiger partial charge on any atom is -0.00731 e. The van der Waals surface area contributed by atoms with Crippen LogP contribution in [0.4, 0.5) is 0 Å². The molecule has 0 unspecified atom stereocenters. The third-order valence-corrected chi connectivity index (χ3v) is 5.61. The Morgan fingerprint density at radius 3 is 1.88 bits per heavy atom. The molecule has 0 atom stereocenters. The topological polar surface area (TPSA) is 0 Å². The molecule has 98 valence electrons. The van der Waals surface area contributed by atoms with Crippen molar-refractivity contribution in [3.8, 4) is 0 Å². The summed E-state index contributed by atoms with van der Waals surface area (Å²) in [5, 5.41) is 0. The summed E-state index contributed by atoms with van der Waals surface area (Å²) in [5.74, 6) is 0. The van der Waals surface area contributed by atoms with Crippen molar-refractivity contribution in [2.24, 2.45) is 0 Å². The Bertz CT molecular complexity index is 253. The highest BCUT2D eigenvalue weighted by atomic mass is 127. The lowest BCUT2D eigenvalue weighted by atomic mass is 10.2. The molecule has 0 heterocycles. The number of unbranched alkanes of at least 4 members (excludes halogenated alkanes) is 2. The van der Waals surface area contributed by atoms with Crippen LogP contribution in [0, 0.1) is 0 Å². The van der Waals surface area contributed by atoms with Gasteiger partial charge in [0.1, 0.15) is 0 Å². The molecule has 0 aliphatic carbocycles. The Hall–Kier alpha value is 0.380. The maximum absolute atomic E-state index is 2.30. The van der Waals surface area contributed by atoms with Crippen LogP contribution < -0.4 is 0 Å². The lowest BCUT2D eigenvalue weighted by molar-refractivity contribution is 0.865. The number of hydrogen-bond donors (Lipinski definition) is 0. The van der Waals surface area contributed by atoms with Gasteiger partial charge in [-0.05, 0) is 36.9 Å². The van der Waals surface area contributed by atoms with Crippen LogP contribution in [-0.4, -0.2) is 12.3 Å². The fourth-order valence-corrected chi connectivity index (χ4v) is 4.67. The standard InChI is InChI=1S/C15H25P.HI/c1-3-5-12-16(13-6-4-2)14-15-10-8-7-9-11-15;/h7-11H,3-6,12-14H2,1-2H3;1H. The van der Waals surface area contributed by atoms with E-state index in [1.807, 2.05) is 0 Å². The summed E-state index contributed by atoms with van der Waals surface area (Å²) in [7, 11) is 0.251. The number of halogens is 1. The minimum atomic E-state index is 0. The van der Waals surface area contributed by atoms with Gasteiger partial charge in [-0.3, -0.25) is 0 Å². The lowest BCUT2D eigenvalue weighted by Gasteiger charge is -2.17. The molecular formula is C15H26IP. The molecule has 1 aromatic carbocycles. The molecule has 17 heavy (non-hydrogen) atoms. The van der Waals surface area contributed by atoms with Crippen molar-refractivity contribution in [1.82, 2.24) is 0 Å². The number of rotatable bonds is 8. The van der Waals surface area contributed by atoms with Crippen molar-refractivity contribution in [2.75, 3.05) is 12.3 Å². The van der Waals surface area contributed by atoms with E-state index in [1.165, 1.54) is 44.2 Å². The van der Waals surface area contributed by atoms with Crippen molar-refractivity contribution < 1.29 is 0 Å². The van der Waals surface area contributed by atoms with E-state index >= 15 is 0 Å². The molecule has 0 radical (unpaired) electrons. The average molecular weight is 364 g/mol. The highest BCUT2D eigenvalue weighted by Gasteiger charge is 2.07. The quantitative estimate of drug-likeness (QED) is 0.399. The number of benzene rings is 1. The molecule has 0 aromatic heterocycles. The highest BCUT2D eigenvalue weighted by molar-refractivity contribution is 14.0. The Labute approximate surface area is 125 Å². The van der Waals surface area contributed by atoms with E-state index in [2.05, 4.69) is 44.2 Å². The van der Waals surface area contributed by atoms with Gasteiger partial charge < -0.3 is 0 Å². The molecule has 0 spiro atoms. The molecule has 0 saturated heterocycles. The Morgan fingerprint density at radius 1 is 0.882 bits per heavy atom. The Balaban J connectivity index is 0.00000256. The summed E-state index contributed by atoms with van der Waals surface area (Å²) in [4.78, 5) is 0. The van der Waals surface area contributed by atoms with Crippen molar-refractivity contribution in [3.63, 3.8) is 0 Å². The zero-order chi connectivity index (χ0) is 11.6. The first-order valence-electron chi connectivity index (χ1n) is 6.63. The SMILES string of the molecule is CCCCP(CCCC)Cc1ccccc1.I. The second-order valence-electron chi connectivity index (χ2n) is 4.47. The highest BCUT2D eigenvalue weighted by Crippen LogP contribution is 2.41. The minimum Gasteiger partial charge on any atom is -0.107 e. The first-order valence-corrected chi connectivity index (χ1v) is 8.52. The van der Waals surface area contributed by atoms with Crippen molar-refractivity contribution in [2.45, 2.75) is 45.7 Å². The summed E-state index contributed by atoms with van der Waals surface area (Å²) < 4.78 is 0. The van der Waals surface area contributed by atoms with E-state index in [1.54, 1.807) is 5.56 Å². The molecule has 0 saturated carbocycles. The van der Waals surface area contributed by atoms with Gasteiger partial charge in [0, 0.05) is 0 Å². The summed E-state index contributed by atoms with van der Waals surface area (Å²) in [5.41, 5.74) is 1.54. The van der Waals surface area contributed by atoms with Crippen molar-refractivity contribution >= 4 is 31.9 Å². The van der Waals surface area contributed by atoms with E-state index in [0.717, 1.165) is 0 Å². The first kappa shape index (κ1) is 17.4. The summed E-state index contributed by atoms with van der Waals surface area (Å²) in [6, 6.07) is 11.0. The third kappa shape index (κ3) is 8.15. The summed E-state index contributed by atoms with van der Waals surface area (Å²) >= 11 is 0. The van der Waals surface area contributed by atoms with Crippen molar-refractivity contribution in [1.29, 1.82) is 0 Å². The van der Waals surface area contributed by atoms with Gasteiger partial charge >= 0.3 is 0 Å². The van der Waals surface area contributed by atoms with Gasteiger partial charge in [-0.25, -0.2) is 0 Å². The fourth-order valence-electron chi connectivity index (χ4n) is 1.87. The predicted octanol–water partition coefficient (Wildman–Crippen LogP) is 5.89. The number of hydrogen-bond acceptors (Lipinski definition) is 0. The largest absolute Gasteiger partial charge is 0.107 e. The van der Waals surface area contributed by atoms with Gasteiger partial charge in [-0.1, -0.05) is 57.0 Å². The van der Waals surface area contributed by atoms with E-state index in [4.69, 9.17) is 0 Å². The molecule has 0 aliphatic rings. The van der Waals surface area contributed by atoms with Crippen LogP contribution in [0.15, 0.2) is 30.3 Å². The van der Waals surface area contributed by atoms with Gasteiger partial charge in [-0.2, -0.15) is 0 Å². The molecule has 0 nitrogen and oxygen atoms in total. The van der Waals surface area contributed by atoms with Gasteiger partial charge in [0.25, 0.3) is 0 Å². The van der Waals surface area contributed by atoms with Crippen molar-refractivity contribution in [3.05, 3.63) is 35.9 Å². The molecule has 0 fully saturated rings. The fraction of sp³-hybridized carbons (Fsp3) is 0.600. The molecule has 0 aliphatic heterocycles. The molecule has 1 aromatic rings. The summed E-state index contributed by atoms with van der Waals surface area (Å²) in [6.45, 7) is 4.60. The molecule has 0 amide bonds. The van der Waals surface area contributed by atoms with Crippen LogP contribution in [0.3, 0.4) is 0 Å². The average Bonchev–Trinajstić information content (AvgIpc) is 2.34. The molecular weight excluding hydrogens is 338 g/mol. The lowest BCUT2D eigenvalue weighted by Crippen LogP contribution is -1.94. The normalized spacial score (nSPS) is 10.3. The van der Waals surface area contributed by atoms with Gasteiger partial charge in [0.2, 0.25) is 0 Å². The zero-order valence-corrected chi connectivity index (χ0v) is 14.4. The van der Waals surface area contributed by atoms with Crippen LogP contribution in [0.2, 0.25) is 0 Å². The van der Waals surface area contributed by atoms with Crippen LogP contribution in [0.5, 0.6) is 0 Å². The minimum absolute atomic E-state index is 0. The van der Waals surface area contributed by atoms with Gasteiger partial charge in [-0.15, -0.1) is 31.9 Å². The smallest absolute Gasteiger partial charge is 0.00731 e. The molecule has 1 rings (SSSR count). The zero-order valence-electron chi connectivity index (χ0n) is 11.2. The van der Waals surface area contributed by atoms with Crippen LogP contribution >= 0.6 is 31.9 Å². The predicted molar refractivity (Wildman–Crippen MR) is 92.0 cm³/mol. The second-order valence-corrected chi connectivity index (χ2v) is 7.02. The van der Waals surface area contributed by atoms with Gasteiger partial charge in [0.15, 0.2) is 0 Å². The second kappa shape index (κ2) is 11.5. The Morgan fingerprint density at radius 2 is 1.41 bits per heavy atom. The monoisotopic (exact) mass is 364 g/mol. The first-order chi connectivity index (χ1) is 7.86.